The molecule has 0 spiro atoms. The lowest BCUT2D eigenvalue weighted by atomic mass is 10.1. The zero-order chi connectivity index (χ0) is 20.1. The molecule has 0 unspecified atom stereocenters. The van der Waals surface area contributed by atoms with Crippen LogP contribution in [0.2, 0.25) is 0 Å². The topological polar surface area (TPSA) is 53.4 Å². The van der Waals surface area contributed by atoms with Gasteiger partial charge in [0, 0.05) is 15.4 Å². The zero-order valence-electron chi connectivity index (χ0n) is 15.7. The van der Waals surface area contributed by atoms with Gasteiger partial charge < -0.3 is 0 Å². The third-order valence-electron chi connectivity index (χ3n) is 4.00. The molecule has 1 heterocycles. The lowest BCUT2D eigenvalue weighted by molar-refractivity contribution is 0.830. The number of nitrogens with zero attached hydrogens (tertiary/aromatic N) is 4. The third kappa shape index (κ3) is 4.56. The number of benzene rings is 2. The molecule has 4 nitrogen and oxygen atoms in total. The van der Waals surface area contributed by atoms with Crippen molar-refractivity contribution in [3.63, 3.8) is 0 Å². The fraction of sp³-hybridized carbons (Fsp3) is 0.136. The zero-order valence-corrected chi connectivity index (χ0v) is 18.1. The van der Waals surface area contributed by atoms with Gasteiger partial charge in [0.2, 0.25) is 4.80 Å². The number of hydrogen-bond donors (Lipinski definition) is 0. The summed E-state index contributed by atoms with van der Waals surface area (Å²) < 4.78 is 2.88. The van der Waals surface area contributed by atoms with Gasteiger partial charge in [-0.2, -0.15) is 10.4 Å². The van der Waals surface area contributed by atoms with Gasteiger partial charge in [0.1, 0.15) is 0 Å². The third-order valence-corrected chi connectivity index (χ3v) is 5.55. The summed E-state index contributed by atoms with van der Waals surface area (Å²) in [4.78, 5) is 5.48. The van der Waals surface area contributed by atoms with Crippen LogP contribution in [0.15, 0.2) is 80.6 Å². The average molecular weight is 451 g/mol. The quantitative estimate of drug-likeness (QED) is 0.368. The van der Waals surface area contributed by atoms with Crippen LogP contribution in [0.5, 0.6) is 0 Å². The Hall–Kier alpha value is -2.75. The van der Waals surface area contributed by atoms with Crippen LogP contribution in [0.25, 0.3) is 11.3 Å². The normalized spacial score (nSPS) is 12.1. The van der Waals surface area contributed by atoms with Crippen molar-refractivity contribution in [2.24, 2.45) is 10.1 Å². The molecule has 0 atom stereocenters. The summed E-state index contributed by atoms with van der Waals surface area (Å²) in [6, 6.07) is 17.6. The first-order valence-corrected chi connectivity index (χ1v) is 10.3. The number of rotatable bonds is 5. The molecule has 0 saturated heterocycles. The van der Waals surface area contributed by atoms with Gasteiger partial charge in [-0.3, -0.25) is 4.99 Å². The number of aromatic nitrogens is 1. The van der Waals surface area contributed by atoms with Gasteiger partial charge in [0.05, 0.1) is 29.6 Å². The van der Waals surface area contributed by atoms with Gasteiger partial charge in [-0.05, 0) is 37.6 Å². The molecule has 3 aromatic rings. The minimum atomic E-state index is 0.557. The molecule has 140 valence electrons. The summed E-state index contributed by atoms with van der Waals surface area (Å²) in [6.45, 7) is 8.41. The maximum absolute atomic E-state index is 9.00. The predicted molar refractivity (Wildman–Crippen MR) is 119 cm³/mol. The first-order chi connectivity index (χ1) is 13.5. The van der Waals surface area contributed by atoms with E-state index in [9.17, 15) is 0 Å². The number of thiazole rings is 1. The van der Waals surface area contributed by atoms with Gasteiger partial charge >= 0.3 is 0 Å². The highest BCUT2D eigenvalue weighted by Crippen LogP contribution is 2.28. The Labute approximate surface area is 177 Å². The highest BCUT2D eigenvalue weighted by molar-refractivity contribution is 9.10. The van der Waals surface area contributed by atoms with Gasteiger partial charge in [-0.25, -0.2) is 4.68 Å². The summed E-state index contributed by atoms with van der Waals surface area (Å²) in [5, 5.41) is 15.9. The second-order valence-corrected chi connectivity index (χ2v) is 8.03. The van der Waals surface area contributed by atoms with Crippen molar-refractivity contribution in [1.82, 2.24) is 4.68 Å². The number of hydrogen-bond acceptors (Lipinski definition) is 4. The average Bonchev–Trinajstić information content (AvgIpc) is 3.09. The van der Waals surface area contributed by atoms with E-state index < -0.39 is 0 Å². The lowest BCUT2D eigenvalue weighted by Crippen LogP contribution is -2.15. The van der Waals surface area contributed by atoms with E-state index in [0.717, 1.165) is 37.4 Å². The Bertz CT molecular complexity index is 1140. The molecule has 0 aliphatic rings. The highest BCUT2D eigenvalue weighted by Gasteiger charge is 2.11. The Morgan fingerprint density at radius 1 is 1.18 bits per heavy atom. The van der Waals surface area contributed by atoms with Crippen molar-refractivity contribution in [2.45, 2.75) is 13.8 Å². The van der Waals surface area contributed by atoms with Crippen LogP contribution in [0, 0.1) is 11.3 Å². The molecular weight excluding hydrogens is 432 g/mol. The summed E-state index contributed by atoms with van der Waals surface area (Å²) in [5.74, 6) is 0. The van der Waals surface area contributed by atoms with Gasteiger partial charge in [-0.1, -0.05) is 58.4 Å². The Balaban J connectivity index is 2.14. The van der Waals surface area contributed by atoms with Crippen LogP contribution >= 0.6 is 27.3 Å². The van der Waals surface area contributed by atoms with E-state index in [-0.39, 0.29) is 0 Å². The highest BCUT2D eigenvalue weighted by atomic mass is 79.9. The first kappa shape index (κ1) is 20.0. The second-order valence-electron chi connectivity index (χ2n) is 6.34. The van der Waals surface area contributed by atoms with Crippen LogP contribution in [0.3, 0.4) is 0 Å². The van der Waals surface area contributed by atoms with E-state index in [2.05, 4.69) is 45.0 Å². The van der Waals surface area contributed by atoms with E-state index in [1.807, 2.05) is 48.9 Å². The van der Waals surface area contributed by atoms with Crippen molar-refractivity contribution >= 4 is 33.0 Å². The van der Waals surface area contributed by atoms with E-state index >= 15 is 0 Å². The standard InChI is InChI=1S/C22H19BrN4S/c1-15(2)13-25-22-27(21(14-28-22)19-6-4-5-7-20(19)23)26-16(3)18-10-8-17(12-24)9-11-18/h4-11,14H,1,13H2,2-3H3. The molecule has 6 heteroatoms. The smallest absolute Gasteiger partial charge is 0.206 e. The molecule has 1 aromatic heterocycles. The molecule has 0 fully saturated rings. The van der Waals surface area contributed by atoms with Crippen molar-refractivity contribution < 1.29 is 0 Å². The Morgan fingerprint density at radius 2 is 1.89 bits per heavy atom. The summed E-state index contributed by atoms with van der Waals surface area (Å²) in [5.41, 5.74) is 5.44. The number of halogens is 1. The molecule has 0 radical (unpaired) electrons. The van der Waals surface area contributed by atoms with E-state index in [1.54, 1.807) is 23.5 Å². The SMILES string of the molecule is C=C(C)CN=c1scc(-c2ccccc2Br)n1N=C(C)c1ccc(C#N)cc1. The van der Waals surface area contributed by atoms with E-state index in [1.165, 1.54) is 0 Å². The molecule has 0 N–H and O–H groups in total. The fourth-order valence-corrected chi connectivity index (χ4v) is 3.86. The molecule has 0 aliphatic carbocycles. The molecule has 2 aromatic carbocycles. The number of nitriles is 1. The van der Waals surface area contributed by atoms with Crippen molar-refractivity contribution in [1.29, 1.82) is 5.26 Å². The van der Waals surface area contributed by atoms with Crippen LogP contribution < -0.4 is 4.80 Å². The van der Waals surface area contributed by atoms with Gasteiger partial charge in [0.25, 0.3) is 0 Å². The Kier molecular flexibility index (Phi) is 6.40. The van der Waals surface area contributed by atoms with Crippen LogP contribution in [-0.2, 0) is 0 Å². The van der Waals surface area contributed by atoms with Crippen LogP contribution in [0.1, 0.15) is 25.0 Å². The minimum absolute atomic E-state index is 0.557. The maximum Gasteiger partial charge on any atom is 0.206 e. The van der Waals surface area contributed by atoms with Crippen LogP contribution in [0.4, 0.5) is 0 Å². The second kappa shape index (κ2) is 8.96. The molecule has 28 heavy (non-hydrogen) atoms. The van der Waals surface area contributed by atoms with Crippen molar-refractivity contribution in [3.05, 3.63) is 86.5 Å². The monoisotopic (exact) mass is 450 g/mol. The minimum Gasteiger partial charge on any atom is -0.253 e. The van der Waals surface area contributed by atoms with Gasteiger partial charge in [0.15, 0.2) is 0 Å². The molecular formula is C22H19BrN4S. The molecule has 3 rings (SSSR count). The van der Waals surface area contributed by atoms with E-state index in [0.29, 0.717) is 12.1 Å². The summed E-state index contributed by atoms with van der Waals surface area (Å²) in [7, 11) is 0. The summed E-state index contributed by atoms with van der Waals surface area (Å²) >= 11 is 5.18. The predicted octanol–water partition coefficient (Wildman–Crippen LogP) is 5.60. The Morgan fingerprint density at radius 3 is 2.54 bits per heavy atom. The molecule has 0 aliphatic heterocycles. The first-order valence-electron chi connectivity index (χ1n) is 8.66. The molecule has 0 amide bonds. The molecule has 0 bridgehead atoms. The fourth-order valence-electron chi connectivity index (χ4n) is 2.56. The largest absolute Gasteiger partial charge is 0.253 e. The van der Waals surface area contributed by atoms with Crippen molar-refractivity contribution in [2.75, 3.05) is 6.54 Å². The maximum atomic E-state index is 9.00. The lowest BCUT2D eigenvalue weighted by Gasteiger charge is -2.08. The van der Waals surface area contributed by atoms with E-state index in [4.69, 9.17) is 10.4 Å². The van der Waals surface area contributed by atoms with Crippen LogP contribution in [-0.4, -0.2) is 16.9 Å². The molecule has 0 saturated carbocycles. The summed E-state index contributed by atoms with van der Waals surface area (Å²) in [6.07, 6.45) is 0. The van der Waals surface area contributed by atoms with Crippen molar-refractivity contribution in [3.8, 4) is 17.3 Å². The van der Waals surface area contributed by atoms with Gasteiger partial charge in [-0.15, -0.1) is 11.3 Å².